The lowest BCUT2D eigenvalue weighted by molar-refractivity contribution is -0.479. The van der Waals surface area contributed by atoms with E-state index in [2.05, 4.69) is 13.8 Å². The lowest BCUT2D eigenvalue weighted by atomic mass is 10.1. The molecule has 0 bridgehead atoms. The van der Waals surface area contributed by atoms with Crippen LogP contribution in [0.1, 0.15) is 57.9 Å². The Hall–Kier alpha value is -2.18. The van der Waals surface area contributed by atoms with Crippen LogP contribution in [0.4, 0.5) is 0 Å². The molecule has 0 spiro atoms. The van der Waals surface area contributed by atoms with E-state index in [1.807, 2.05) is 0 Å². The van der Waals surface area contributed by atoms with Crippen LogP contribution in [0.3, 0.4) is 0 Å². The van der Waals surface area contributed by atoms with E-state index in [1.54, 1.807) is 13.2 Å². The summed E-state index contributed by atoms with van der Waals surface area (Å²) in [6.07, 6.45) is 6.40. The summed E-state index contributed by atoms with van der Waals surface area (Å²) >= 11 is 0. The Balaban J connectivity index is 3.15. The monoisotopic (exact) mass is 383 g/mol. The van der Waals surface area contributed by atoms with Crippen LogP contribution in [-0.2, 0) is 6.42 Å². The molecule has 0 fully saturated rings. The van der Waals surface area contributed by atoms with Crippen molar-refractivity contribution in [2.24, 2.45) is 0 Å². The number of hydrogen-bond acceptors (Lipinski definition) is 6. The fourth-order valence-electron chi connectivity index (χ4n) is 2.75. The van der Waals surface area contributed by atoms with Crippen LogP contribution in [0.5, 0.6) is 23.0 Å². The largest absolute Gasteiger partial charge is 0.490 e. The van der Waals surface area contributed by atoms with Crippen molar-refractivity contribution < 1.29 is 23.9 Å². The first kappa shape index (κ1) is 22.9. The summed E-state index contributed by atoms with van der Waals surface area (Å²) in [6.45, 7) is 5.14. The molecule has 0 heterocycles. The molecule has 0 saturated heterocycles. The Morgan fingerprint density at radius 3 is 2.00 bits per heavy atom. The number of benzene rings is 1. The van der Waals surface area contributed by atoms with E-state index in [-0.39, 0.29) is 17.9 Å². The van der Waals surface area contributed by atoms with Crippen molar-refractivity contribution in [2.45, 2.75) is 58.8 Å². The molecule has 0 amide bonds. The number of hydrogen-bond donors (Lipinski definition) is 0. The number of methoxy groups -OCH3 is 2. The van der Waals surface area contributed by atoms with E-state index in [4.69, 9.17) is 18.9 Å². The second-order valence-electron chi connectivity index (χ2n) is 6.35. The molecule has 1 aromatic rings. The van der Waals surface area contributed by atoms with Crippen LogP contribution in [0.25, 0.3) is 0 Å². The Bertz CT molecular complexity index is 576. The quantitative estimate of drug-likeness (QED) is 0.249. The molecular formula is C20H33NO6. The SMILES string of the molecule is CCCCCOc1cc(CC[N+](=O)[O-])c(OCCCCC)c(OC)c1OC. The molecule has 154 valence electrons. The smallest absolute Gasteiger partial charge is 0.208 e. The molecule has 0 atom stereocenters. The molecule has 7 nitrogen and oxygen atoms in total. The van der Waals surface area contributed by atoms with Crippen molar-refractivity contribution >= 4 is 0 Å². The number of ether oxygens (including phenoxy) is 4. The molecule has 0 radical (unpaired) electrons. The minimum absolute atomic E-state index is 0.184. The van der Waals surface area contributed by atoms with E-state index in [0.29, 0.717) is 41.8 Å². The normalized spacial score (nSPS) is 10.5. The van der Waals surface area contributed by atoms with Crippen LogP contribution >= 0.6 is 0 Å². The van der Waals surface area contributed by atoms with Crippen molar-refractivity contribution in [3.8, 4) is 23.0 Å². The van der Waals surface area contributed by atoms with Gasteiger partial charge >= 0.3 is 0 Å². The van der Waals surface area contributed by atoms with Gasteiger partial charge in [-0.15, -0.1) is 0 Å². The molecule has 7 heteroatoms. The van der Waals surface area contributed by atoms with Gasteiger partial charge < -0.3 is 18.9 Å². The van der Waals surface area contributed by atoms with Crippen molar-refractivity contribution in [2.75, 3.05) is 34.0 Å². The third-order valence-corrected chi connectivity index (χ3v) is 4.20. The van der Waals surface area contributed by atoms with E-state index in [9.17, 15) is 10.1 Å². The molecule has 0 unspecified atom stereocenters. The summed E-state index contributed by atoms with van der Waals surface area (Å²) < 4.78 is 22.9. The molecule has 0 N–H and O–H groups in total. The first-order valence-corrected chi connectivity index (χ1v) is 9.74. The average Bonchev–Trinajstić information content (AvgIpc) is 2.66. The maximum atomic E-state index is 10.9. The maximum Gasteiger partial charge on any atom is 0.208 e. The fourth-order valence-corrected chi connectivity index (χ4v) is 2.75. The van der Waals surface area contributed by atoms with Gasteiger partial charge in [-0.25, -0.2) is 0 Å². The highest BCUT2D eigenvalue weighted by Crippen LogP contribution is 2.47. The second kappa shape index (κ2) is 13.1. The maximum absolute atomic E-state index is 10.9. The van der Waals surface area contributed by atoms with Gasteiger partial charge in [-0.05, 0) is 18.9 Å². The van der Waals surface area contributed by atoms with Gasteiger partial charge in [-0.2, -0.15) is 0 Å². The Morgan fingerprint density at radius 2 is 1.48 bits per heavy atom. The number of rotatable bonds is 15. The van der Waals surface area contributed by atoms with Crippen molar-refractivity contribution in [1.29, 1.82) is 0 Å². The van der Waals surface area contributed by atoms with Crippen LogP contribution < -0.4 is 18.9 Å². The van der Waals surface area contributed by atoms with Gasteiger partial charge in [-0.3, -0.25) is 10.1 Å². The van der Waals surface area contributed by atoms with Crippen LogP contribution in [0, 0.1) is 10.1 Å². The minimum atomic E-state index is -0.334. The Morgan fingerprint density at radius 1 is 0.889 bits per heavy atom. The summed E-state index contributed by atoms with van der Waals surface area (Å²) in [6, 6.07) is 1.78. The van der Waals surface area contributed by atoms with Gasteiger partial charge in [0.25, 0.3) is 0 Å². The molecular weight excluding hydrogens is 350 g/mol. The summed E-state index contributed by atoms with van der Waals surface area (Å²) in [5.41, 5.74) is 0.700. The summed E-state index contributed by atoms with van der Waals surface area (Å²) in [5.74, 6) is 1.93. The third-order valence-electron chi connectivity index (χ3n) is 4.20. The molecule has 0 aliphatic heterocycles. The zero-order chi connectivity index (χ0) is 20.1. The zero-order valence-electron chi connectivity index (χ0n) is 17.0. The average molecular weight is 383 g/mol. The first-order valence-electron chi connectivity index (χ1n) is 9.74. The molecule has 1 rings (SSSR count). The van der Waals surface area contributed by atoms with Gasteiger partial charge in [0.15, 0.2) is 11.5 Å². The van der Waals surface area contributed by atoms with Gasteiger partial charge in [0.2, 0.25) is 18.0 Å². The highest BCUT2D eigenvalue weighted by atomic mass is 16.6. The molecule has 0 saturated carbocycles. The van der Waals surface area contributed by atoms with Crippen molar-refractivity contribution in [3.05, 3.63) is 21.7 Å². The molecule has 1 aromatic carbocycles. The predicted octanol–water partition coefficient (Wildman–Crippen LogP) is 4.66. The van der Waals surface area contributed by atoms with Crippen molar-refractivity contribution in [1.82, 2.24) is 0 Å². The van der Waals surface area contributed by atoms with E-state index < -0.39 is 0 Å². The van der Waals surface area contributed by atoms with Crippen LogP contribution in [-0.4, -0.2) is 38.9 Å². The van der Waals surface area contributed by atoms with Crippen LogP contribution in [0.2, 0.25) is 0 Å². The second-order valence-corrected chi connectivity index (χ2v) is 6.35. The number of nitro groups is 1. The lowest BCUT2D eigenvalue weighted by Crippen LogP contribution is -2.10. The molecule has 27 heavy (non-hydrogen) atoms. The Labute approximate surface area is 162 Å². The summed E-state index contributed by atoms with van der Waals surface area (Å²) in [7, 11) is 3.09. The van der Waals surface area contributed by atoms with Gasteiger partial charge in [0.05, 0.1) is 27.4 Å². The van der Waals surface area contributed by atoms with E-state index in [0.717, 1.165) is 38.5 Å². The number of nitrogens with zero attached hydrogens (tertiary/aromatic N) is 1. The first-order chi connectivity index (χ1) is 13.1. The van der Waals surface area contributed by atoms with E-state index >= 15 is 0 Å². The standard InChI is InChI=1S/C20H33NO6/c1-5-7-9-13-26-17-15-16(11-12-21(22)23)18(27-14-10-8-6-2)20(25-4)19(17)24-3/h15H,5-14H2,1-4H3. The van der Waals surface area contributed by atoms with Gasteiger partial charge in [0, 0.05) is 16.9 Å². The molecule has 0 aromatic heterocycles. The predicted molar refractivity (Wildman–Crippen MR) is 105 cm³/mol. The topological polar surface area (TPSA) is 80.1 Å². The Kier molecular flexibility index (Phi) is 11.1. The number of unbranched alkanes of at least 4 members (excludes halogenated alkanes) is 4. The van der Waals surface area contributed by atoms with Gasteiger partial charge in [0.1, 0.15) is 0 Å². The van der Waals surface area contributed by atoms with Gasteiger partial charge in [-0.1, -0.05) is 39.5 Å². The van der Waals surface area contributed by atoms with Crippen molar-refractivity contribution in [3.63, 3.8) is 0 Å². The third kappa shape index (κ3) is 7.53. The summed E-state index contributed by atoms with van der Waals surface area (Å²) in [5, 5.41) is 10.9. The van der Waals surface area contributed by atoms with E-state index in [1.165, 1.54) is 7.11 Å². The van der Waals surface area contributed by atoms with Crippen LogP contribution in [0.15, 0.2) is 6.07 Å². The highest BCUT2D eigenvalue weighted by Gasteiger charge is 2.23. The minimum Gasteiger partial charge on any atom is -0.490 e. The molecule has 0 aliphatic carbocycles. The fraction of sp³-hybridized carbons (Fsp3) is 0.700. The summed E-state index contributed by atoms with van der Waals surface area (Å²) in [4.78, 5) is 10.5. The highest BCUT2D eigenvalue weighted by molar-refractivity contribution is 5.63. The lowest BCUT2D eigenvalue weighted by Gasteiger charge is -2.20. The molecule has 0 aliphatic rings. The zero-order valence-corrected chi connectivity index (χ0v) is 17.0.